The molecule has 0 bridgehead atoms. The number of nitrogens with zero attached hydrogens (tertiary/aromatic N) is 3. The lowest BCUT2D eigenvalue weighted by molar-refractivity contribution is 0.270. The highest BCUT2D eigenvalue weighted by atomic mass is 16.5. The van der Waals surface area contributed by atoms with E-state index in [-0.39, 0.29) is 0 Å². The van der Waals surface area contributed by atoms with Crippen LogP contribution in [0.5, 0.6) is 5.75 Å². The highest BCUT2D eigenvalue weighted by molar-refractivity contribution is 5.44. The summed E-state index contributed by atoms with van der Waals surface area (Å²) in [5.41, 5.74) is -0.642. The zero-order valence-corrected chi connectivity index (χ0v) is 13.6. The molecule has 1 aliphatic rings. The number of benzene rings is 1. The summed E-state index contributed by atoms with van der Waals surface area (Å²) < 4.78 is 17.1. The van der Waals surface area contributed by atoms with Gasteiger partial charge in [-0.3, -0.25) is 0 Å². The summed E-state index contributed by atoms with van der Waals surface area (Å²) >= 11 is 0. The molecule has 0 amide bonds. The number of hydrogen-bond acceptors (Lipinski definition) is 6. The van der Waals surface area contributed by atoms with Crippen LogP contribution >= 0.6 is 0 Å². The molecule has 1 aromatic carbocycles. The van der Waals surface area contributed by atoms with Crippen molar-refractivity contribution >= 4 is 0 Å². The molecular formula is C19H17N3O3. The van der Waals surface area contributed by atoms with E-state index in [4.69, 9.17) is 13.6 Å². The van der Waals surface area contributed by atoms with Gasteiger partial charge in [0.15, 0.2) is 5.76 Å². The number of ether oxygens (including phenoxy) is 1. The molecule has 6 nitrogen and oxygen atoms in total. The third-order valence-corrected chi connectivity index (χ3v) is 4.50. The van der Waals surface area contributed by atoms with Crippen LogP contribution in [0.15, 0.2) is 51.3 Å². The minimum atomic E-state index is -0.642. The molecule has 2 heterocycles. The smallest absolute Gasteiger partial charge is 0.283 e. The molecular weight excluding hydrogens is 318 g/mol. The Kier molecular flexibility index (Phi) is 3.98. The molecule has 0 atom stereocenters. The molecule has 4 rings (SSSR count). The van der Waals surface area contributed by atoms with Crippen molar-refractivity contribution in [2.24, 2.45) is 0 Å². The molecule has 126 valence electrons. The van der Waals surface area contributed by atoms with Crippen molar-refractivity contribution < 1.29 is 13.6 Å². The normalized spacial score (nSPS) is 15.8. The second-order valence-electron chi connectivity index (χ2n) is 6.18. The zero-order valence-electron chi connectivity index (χ0n) is 13.6. The summed E-state index contributed by atoms with van der Waals surface area (Å²) in [4.78, 5) is 0. The predicted octanol–water partition coefficient (Wildman–Crippen LogP) is 4.24. The summed E-state index contributed by atoms with van der Waals surface area (Å²) in [5, 5.41) is 17.7. The summed E-state index contributed by atoms with van der Waals surface area (Å²) in [6, 6.07) is 15.5. The van der Waals surface area contributed by atoms with Crippen LogP contribution in [0.1, 0.15) is 37.3 Å². The molecule has 3 aromatic rings. The number of aromatic nitrogens is 2. The first-order valence-electron chi connectivity index (χ1n) is 8.31. The van der Waals surface area contributed by atoms with Crippen LogP contribution in [-0.2, 0) is 12.0 Å². The van der Waals surface area contributed by atoms with Crippen molar-refractivity contribution in [3.05, 3.63) is 54.1 Å². The van der Waals surface area contributed by atoms with E-state index in [1.807, 2.05) is 36.4 Å². The van der Waals surface area contributed by atoms with Crippen LogP contribution in [0, 0.1) is 11.3 Å². The number of nitriles is 1. The Morgan fingerprint density at radius 2 is 1.84 bits per heavy atom. The number of furan rings is 1. The van der Waals surface area contributed by atoms with Gasteiger partial charge in [-0.2, -0.15) is 5.26 Å². The molecule has 0 spiro atoms. The minimum Gasteiger partial charge on any atom is -0.486 e. The van der Waals surface area contributed by atoms with E-state index in [0.717, 1.165) is 31.4 Å². The Labute approximate surface area is 145 Å². The van der Waals surface area contributed by atoms with Gasteiger partial charge in [-0.25, -0.2) is 0 Å². The first kappa shape index (κ1) is 15.5. The van der Waals surface area contributed by atoms with Gasteiger partial charge in [0.2, 0.25) is 5.89 Å². The molecule has 0 saturated heterocycles. The van der Waals surface area contributed by atoms with E-state index in [2.05, 4.69) is 16.3 Å². The van der Waals surface area contributed by atoms with Crippen LogP contribution in [0.4, 0.5) is 0 Å². The summed E-state index contributed by atoms with van der Waals surface area (Å²) in [7, 11) is 0. The summed E-state index contributed by atoms with van der Waals surface area (Å²) in [6.45, 7) is 0.313. The average molecular weight is 335 g/mol. The van der Waals surface area contributed by atoms with E-state index in [1.54, 1.807) is 6.07 Å². The number of rotatable bonds is 5. The Balaban J connectivity index is 1.48. The average Bonchev–Trinajstić information content (AvgIpc) is 3.40. The SMILES string of the molecule is N#CC1(c2nnc(-c3ccc(COc4ccccc4)o3)o2)CCCC1. The number of para-hydroxylation sites is 1. The topological polar surface area (TPSA) is 85.1 Å². The van der Waals surface area contributed by atoms with Gasteiger partial charge in [-0.15, -0.1) is 10.2 Å². The van der Waals surface area contributed by atoms with Crippen LogP contribution in [-0.4, -0.2) is 10.2 Å². The van der Waals surface area contributed by atoms with Gasteiger partial charge in [-0.05, 0) is 37.1 Å². The fourth-order valence-electron chi connectivity index (χ4n) is 3.11. The molecule has 2 aromatic heterocycles. The van der Waals surface area contributed by atoms with Crippen LogP contribution in [0.3, 0.4) is 0 Å². The Morgan fingerprint density at radius 1 is 1.04 bits per heavy atom. The van der Waals surface area contributed by atoms with E-state index >= 15 is 0 Å². The van der Waals surface area contributed by atoms with E-state index < -0.39 is 5.41 Å². The minimum absolute atomic E-state index is 0.294. The fraction of sp³-hybridized carbons (Fsp3) is 0.316. The maximum absolute atomic E-state index is 9.51. The molecule has 1 fully saturated rings. The lowest BCUT2D eigenvalue weighted by Gasteiger charge is -2.13. The maximum Gasteiger partial charge on any atom is 0.283 e. The van der Waals surface area contributed by atoms with Crippen LogP contribution in [0.25, 0.3) is 11.7 Å². The Morgan fingerprint density at radius 3 is 2.60 bits per heavy atom. The standard InChI is InChI=1S/C19H17N3O3/c20-13-19(10-4-5-11-19)18-22-21-17(25-18)16-9-8-15(24-16)12-23-14-6-2-1-3-7-14/h1-3,6-9H,4-5,10-12H2. The lowest BCUT2D eigenvalue weighted by atomic mass is 9.88. The number of hydrogen-bond donors (Lipinski definition) is 0. The van der Waals surface area contributed by atoms with Gasteiger partial charge in [-0.1, -0.05) is 31.0 Å². The molecule has 1 saturated carbocycles. The Bertz CT molecular complexity index is 886. The van der Waals surface area contributed by atoms with Crippen molar-refractivity contribution in [3.63, 3.8) is 0 Å². The van der Waals surface area contributed by atoms with Gasteiger partial charge in [0.1, 0.15) is 23.5 Å². The third-order valence-electron chi connectivity index (χ3n) is 4.50. The van der Waals surface area contributed by atoms with Crippen LogP contribution in [0.2, 0.25) is 0 Å². The van der Waals surface area contributed by atoms with Gasteiger partial charge < -0.3 is 13.6 Å². The fourth-order valence-corrected chi connectivity index (χ4v) is 3.11. The molecule has 1 aliphatic carbocycles. The van der Waals surface area contributed by atoms with Crippen molar-refractivity contribution in [3.8, 4) is 23.5 Å². The predicted molar refractivity (Wildman–Crippen MR) is 88.5 cm³/mol. The van der Waals surface area contributed by atoms with Gasteiger partial charge in [0, 0.05) is 0 Å². The monoisotopic (exact) mass is 335 g/mol. The molecule has 0 radical (unpaired) electrons. The van der Waals surface area contributed by atoms with Crippen molar-refractivity contribution in [1.82, 2.24) is 10.2 Å². The van der Waals surface area contributed by atoms with E-state index in [9.17, 15) is 5.26 Å². The van der Waals surface area contributed by atoms with Gasteiger partial charge in [0.25, 0.3) is 5.89 Å². The zero-order chi connectivity index (χ0) is 17.1. The highest BCUT2D eigenvalue weighted by Crippen LogP contribution is 2.40. The maximum atomic E-state index is 9.51. The lowest BCUT2D eigenvalue weighted by Crippen LogP contribution is -2.19. The van der Waals surface area contributed by atoms with Gasteiger partial charge >= 0.3 is 0 Å². The van der Waals surface area contributed by atoms with Crippen LogP contribution < -0.4 is 4.74 Å². The third kappa shape index (κ3) is 3.01. The van der Waals surface area contributed by atoms with E-state index in [0.29, 0.717) is 29.9 Å². The van der Waals surface area contributed by atoms with Crippen molar-refractivity contribution in [2.45, 2.75) is 37.7 Å². The quantitative estimate of drug-likeness (QED) is 0.693. The first-order chi connectivity index (χ1) is 12.3. The largest absolute Gasteiger partial charge is 0.486 e. The second kappa shape index (κ2) is 6.44. The first-order valence-corrected chi connectivity index (χ1v) is 8.31. The molecule has 6 heteroatoms. The summed E-state index contributed by atoms with van der Waals surface area (Å²) in [5.74, 6) is 2.60. The molecule has 25 heavy (non-hydrogen) atoms. The highest BCUT2D eigenvalue weighted by Gasteiger charge is 2.41. The second-order valence-corrected chi connectivity index (χ2v) is 6.18. The summed E-state index contributed by atoms with van der Waals surface area (Å²) in [6.07, 6.45) is 3.54. The Hall–Kier alpha value is -3.07. The van der Waals surface area contributed by atoms with Crippen molar-refractivity contribution in [2.75, 3.05) is 0 Å². The van der Waals surface area contributed by atoms with E-state index in [1.165, 1.54) is 0 Å². The van der Waals surface area contributed by atoms with Gasteiger partial charge in [0.05, 0.1) is 6.07 Å². The molecule has 0 aliphatic heterocycles. The van der Waals surface area contributed by atoms with Crippen molar-refractivity contribution in [1.29, 1.82) is 5.26 Å². The molecule has 0 N–H and O–H groups in total. The molecule has 0 unspecified atom stereocenters.